The number of benzene rings is 1. The summed E-state index contributed by atoms with van der Waals surface area (Å²) in [4.78, 5) is 13.5. The molecule has 1 unspecified atom stereocenters. The van der Waals surface area contributed by atoms with Crippen molar-refractivity contribution >= 4 is 47.8 Å². The molecule has 1 heterocycles. The van der Waals surface area contributed by atoms with Crippen molar-refractivity contribution < 1.29 is 13.2 Å². The summed E-state index contributed by atoms with van der Waals surface area (Å²) in [5.41, 5.74) is 0. The van der Waals surface area contributed by atoms with Crippen molar-refractivity contribution in [3.63, 3.8) is 0 Å². The summed E-state index contributed by atoms with van der Waals surface area (Å²) < 4.78 is 28.6. The van der Waals surface area contributed by atoms with E-state index >= 15 is 0 Å². The third-order valence-corrected chi connectivity index (χ3v) is 6.28. The van der Waals surface area contributed by atoms with E-state index in [4.69, 9.17) is 0 Å². The highest BCUT2D eigenvalue weighted by Crippen LogP contribution is 2.25. The first-order chi connectivity index (χ1) is 9.79. The summed E-state index contributed by atoms with van der Waals surface area (Å²) in [6.07, 6.45) is 1.39. The zero-order chi connectivity index (χ0) is 15.6. The van der Waals surface area contributed by atoms with E-state index in [0.717, 1.165) is 6.42 Å². The third kappa shape index (κ3) is 4.28. The molecule has 1 fully saturated rings. The monoisotopic (exact) mass is 438 g/mol. The molecule has 116 valence electrons. The minimum atomic E-state index is -3.64. The van der Waals surface area contributed by atoms with Crippen molar-refractivity contribution in [1.82, 2.24) is 9.62 Å². The quantitative estimate of drug-likeness (QED) is 0.766. The van der Waals surface area contributed by atoms with E-state index in [1.807, 2.05) is 0 Å². The van der Waals surface area contributed by atoms with Crippen molar-refractivity contribution in [2.75, 3.05) is 13.1 Å². The molecular formula is C13H16Br2N2O3S. The van der Waals surface area contributed by atoms with Crippen LogP contribution in [0.1, 0.15) is 19.8 Å². The first-order valence-electron chi connectivity index (χ1n) is 6.55. The van der Waals surface area contributed by atoms with E-state index in [0.29, 0.717) is 28.5 Å². The Kier molecular flexibility index (Phi) is 5.45. The average Bonchev–Trinajstić information content (AvgIpc) is 2.77. The van der Waals surface area contributed by atoms with Gasteiger partial charge >= 0.3 is 0 Å². The molecule has 2 rings (SSSR count). The van der Waals surface area contributed by atoms with E-state index < -0.39 is 10.0 Å². The molecule has 0 radical (unpaired) electrons. The van der Waals surface area contributed by atoms with Gasteiger partial charge in [0.15, 0.2) is 0 Å². The lowest BCUT2D eigenvalue weighted by Gasteiger charge is -2.21. The van der Waals surface area contributed by atoms with Crippen LogP contribution >= 0.6 is 31.9 Å². The van der Waals surface area contributed by atoms with E-state index in [9.17, 15) is 13.2 Å². The Labute approximate surface area is 141 Å². The Bertz CT molecular complexity index is 649. The SMILES string of the molecule is CC(CN1CCCC1=O)NS(=O)(=O)c1cc(Br)ccc1Br. The first kappa shape index (κ1) is 16.9. The highest BCUT2D eigenvalue weighted by molar-refractivity contribution is 9.11. The van der Waals surface area contributed by atoms with Crippen LogP contribution in [0.3, 0.4) is 0 Å². The Balaban J connectivity index is 2.09. The second-order valence-electron chi connectivity index (χ2n) is 5.04. The molecule has 1 saturated heterocycles. The van der Waals surface area contributed by atoms with Crippen molar-refractivity contribution in [3.05, 3.63) is 27.1 Å². The van der Waals surface area contributed by atoms with Gasteiger partial charge in [0.05, 0.1) is 4.90 Å². The van der Waals surface area contributed by atoms with Gasteiger partial charge in [0, 0.05) is 34.5 Å². The molecule has 0 spiro atoms. The lowest BCUT2D eigenvalue weighted by molar-refractivity contribution is -0.127. The molecule has 1 N–H and O–H groups in total. The maximum atomic E-state index is 12.4. The number of sulfonamides is 1. The predicted molar refractivity (Wildman–Crippen MR) is 87.4 cm³/mol. The van der Waals surface area contributed by atoms with Gasteiger partial charge in [0.2, 0.25) is 15.9 Å². The number of hydrogen-bond donors (Lipinski definition) is 1. The first-order valence-corrected chi connectivity index (χ1v) is 9.61. The van der Waals surface area contributed by atoms with Crippen LogP contribution in [0.25, 0.3) is 0 Å². The van der Waals surface area contributed by atoms with Gasteiger partial charge in [-0.3, -0.25) is 4.79 Å². The van der Waals surface area contributed by atoms with E-state index in [2.05, 4.69) is 36.6 Å². The molecule has 0 saturated carbocycles. The highest BCUT2D eigenvalue weighted by Gasteiger charge is 2.25. The molecule has 0 bridgehead atoms. The zero-order valence-corrected chi connectivity index (χ0v) is 15.5. The molecule has 8 heteroatoms. The second kappa shape index (κ2) is 6.76. The number of rotatable bonds is 5. The minimum absolute atomic E-state index is 0.0877. The van der Waals surface area contributed by atoms with Gasteiger partial charge in [0.1, 0.15) is 0 Å². The molecule has 5 nitrogen and oxygen atoms in total. The van der Waals surface area contributed by atoms with Crippen LogP contribution in [0.4, 0.5) is 0 Å². The summed E-state index contributed by atoms with van der Waals surface area (Å²) >= 11 is 6.52. The van der Waals surface area contributed by atoms with Gasteiger partial charge in [-0.1, -0.05) is 15.9 Å². The number of halogens is 2. The van der Waals surface area contributed by atoms with Gasteiger partial charge in [0.25, 0.3) is 0 Å². The molecule has 1 aromatic rings. The largest absolute Gasteiger partial charge is 0.341 e. The fraction of sp³-hybridized carbons (Fsp3) is 0.462. The van der Waals surface area contributed by atoms with Gasteiger partial charge < -0.3 is 4.90 Å². The zero-order valence-electron chi connectivity index (χ0n) is 11.5. The van der Waals surface area contributed by atoms with Crippen molar-refractivity contribution in [1.29, 1.82) is 0 Å². The van der Waals surface area contributed by atoms with Crippen molar-refractivity contribution in [3.8, 4) is 0 Å². The van der Waals surface area contributed by atoms with E-state index in [-0.39, 0.29) is 16.8 Å². The molecule has 0 aliphatic carbocycles. The van der Waals surface area contributed by atoms with Crippen LogP contribution in [0, 0.1) is 0 Å². The third-order valence-electron chi connectivity index (χ3n) is 3.20. The normalized spacial score (nSPS) is 17.3. The maximum Gasteiger partial charge on any atom is 0.242 e. The molecule has 1 aliphatic rings. The molecule has 1 amide bonds. The molecule has 1 aliphatic heterocycles. The Morgan fingerprint density at radius 2 is 2.10 bits per heavy atom. The smallest absolute Gasteiger partial charge is 0.242 e. The molecule has 1 atom stereocenters. The fourth-order valence-corrected chi connectivity index (χ4v) is 5.01. The Morgan fingerprint density at radius 1 is 1.38 bits per heavy atom. The van der Waals surface area contributed by atoms with Crippen LogP contribution in [0.5, 0.6) is 0 Å². The van der Waals surface area contributed by atoms with Crippen molar-refractivity contribution in [2.24, 2.45) is 0 Å². The number of nitrogens with zero attached hydrogens (tertiary/aromatic N) is 1. The molecule has 21 heavy (non-hydrogen) atoms. The number of hydrogen-bond acceptors (Lipinski definition) is 3. The van der Waals surface area contributed by atoms with Crippen LogP contribution in [0.15, 0.2) is 32.0 Å². The Morgan fingerprint density at radius 3 is 2.71 bits per heavy atom. The van der Waals surface area contributed by atoms with Crippen molar-refractivity contribution in [2.45, 2.75) is 30.7 Å². The summed E-state index contributed by atoms with van der Waals surface area (Å²) in [6.45, 7) is 2.85. The topological polar surface area (TPSA) is 66.5 Å². The lowest BCUT2D eigenvalue weighted by atomic mass is 10.3. The van der Waals surface area contributed by atoms with Crippen LogP contribution in [0.2, 0.25) is 0 Å². The summed E-state index contributed by atoms with van der Waals surface area (Å²) in [5.74, 6) is 0.0877. The molecular weight excluding hydrogens is 424 g/mol. The van der Waals surface area contributed by atoms with Gasteiger partial charge in [-0.15, -0.1) is 0 Å². The fourth-order valence-electron chi connectivity index (χ4n) is 2.28. The number of carbonyl (C=O) groups excluding carboxylic acids is 1. The number of nitrogens with one attached hydrogen (secondary N) is 1. The molecule has 0 aromatic heterocycles. The van der Waals surface area contributed by atoms with Gasteiger partial charge in [-0.25, -0.2) is 13.1 Å². The number of amides is 1. The van der Waals surface area contributed by atoms with Crippen LogP contribution in [-0.2, 0) is 14.8 Å². The van der Waals surface area contributed by atoms with Crippen LogP contribution < -0.4 is 4.72 Å². The highest BCUT2D eigenvalue weighted by atomic mass is 79.9. The van der Waals surface area contributed by atoms with E-state index in [1.165, 1.54) is 0 Å². The lowest BCUT2D eigenvalue weighted by Crippen LogP contribution is -2.42. The number of likely N-dealkylation sites (tertiary alicyclic amines) is 1. The minimum Gasteiger partial charge on any atom is -0.341 e. The summed E-state index contributed by atoms with van der Waals surface area (Å²) in [6, 6.07) is 4.63. The summed E-state index contributed by atoms with van der Waals surface area (Å²) in [5, 5.41) is 0. The standard InChI is InChI=1S/C13H16Br2N2O3S/c1-9(8-17-6-2-3-13(17)18)16-21(19,20)12-7-10(14)4-5-11(12)15/h4-5,7,9,16H,2-3,6,8H2,1H3. The summed E-state index contributed by atoms with van der Waals surface area (Å²) in [7, 11) is -3.64. The molecule has 1 aromatic carbocycles. The predicted octanol–water partition coefficient (Wildman–Crippen LogP) is 2.50. The number of carbonyl (C=O) groups is 1. The van der Waals surface area contributed by atoms with E-state index in [1.54, 1.807) is 30.0 Å². The maximum absolute atomic E-state index is 12.4. The van der Waals surface area contributed by atoms with Gasteiger partial charge in [-0.05, 0) is 47.5 Å². The average molecular weight is 440 g/mol. The second-order valence-corrected chi connectivity index (χ2v) is 8.49. The Hall–Kier alpha value is -0.440. The van der Waals surface area contributed by atoms with Crippen LogP contribution in [-0.4, -0.2) is 38.4 Å². The van der Waals surface area contributed by atoms with Gasteiger partial charge in [-0.2, -0.15) is 0 Å².